The van der Waals surface area contributed by atoms with Crippen molar-refractivity contribution in [3.63, 3.8) is 0 Å². The third-order valence-electron chi connectivity index (χ3n) is 1.25. The summed E-state index contributed by atoms with van der Waals surface area (Å²) in [5.74, 6) is 0. The fraction of sp³-hybridized carbons (Fsp3) is 1.00. The van der Waals surface area contributed by atoms with Gasteiger partial charge in [0.15, 0.2) is 0 Å². The lowest BCUT2D eigenvalue weighted by Crippen LogP contribution is -2.30. The van der Waals surface area contributed by atoms with Crippen molar-refractivity contribution in [2.75, 3.05) is 32.0 Å². The molecule has 0 atom stereocenters. The minimum atomic E-state index is -3.91. The van der Waals surface area contributed by atoms with Crippen LogP contribution in [0.1, 0.15) is 0 Å². The molecule has 0 rings (SSSR count). The van der Waals surface area contributed by atoms with Gasteiger partial charge in [-0.3, -0.25) is 12.5 Å². The van der Waals surface area contributed by atoms with Crippen LogP contribution in [0.15, 0.2) is 0 Å². The predicted octanol–water partition coefficient (Wildman–Crippen LogP) is -1.72. The quantitative estimate of drug-likeness (QED) is 0.478. The summed E-state index contributed by atoms with van der Waals surface area (Å²) >= 11 is 0. The van der Waals surface area contributed by atoms with Gasteiger partial charge in [0.05, 0.1) is 32.0 Å². The molecular formula is C6H14O9S3. The van der Waals surface area contributed by atoms with Crippen molar-refractivity contribution < 1.29 is 37.8 Å². The lowest BCUT2D eigenvalue weighted by molar-refractivity contribution is 0.0927. The van der Waals surface area contributed by atoms with E-state index in [1.165, 1.54) is 0 Å². The summed E-state index contributed by atoms with van der Waals surface area (Å²) in [6.07, 6.45) is 0.842. The highest BCUT2D eigenvalue weighted by molar-refractivity contribution is 7.86. The Bertz CT molecular complexity index is 519. The molecule has 0 saturated carbocycles. The van der Waals surface area contributed by atoms with E-state index in [9.17, 15) is 25.3 Å². The Hall–Kier alpha value is -0.270. The predicted molar refractivity (Wildman–Crippen MR) is 61.3 cm³/mol. The molecular weight excluding hydrogens is 312 g/mol. The van der Waals surface area contributed by atoms with Crippen LogP contribution < -0.4 is 0 Å². The lowest BCUT2D eigenvalue weighted by atomic mass is 10.4. The lowest BCUT2D eigenvalue weighted by Gasteiger charge is -2.14. The van der Waals surface area contributed by atoms with E-state index >= 15 is 0 Å². The van der Waals surface area contributed by atoms with Gasteiger partial charge in [0.2, 0.25) is 0 Å². The number of hydrogen-bond acceptors (Lipinski definition) is 9. The topological polar surface area (TPSA) is 130 Å². The maximum Gasteiger partial charge on any atom is 0.264 e. The highest BCUT2D eigenvalue weighted by Gasteiger charge is 2.20. The summed E-state index contributed by atoms with van der Waals surface area (Å²) in [5.41, 5.74) is 0. The van der Waals surface area contributed by atoms with Crippen LogP contribution in [0.4, 0.5) is 0 Å². The smallest absolute Gasteiger partial charge is 0.264 e. The molecule has 0 saturated heterocycles. The Morgan fingerprint density at radius 2 is 1.06 bits per heavy atom. The normalized spacial score (nSPS) is 14.0. The largest absolute Gasteiger partial charge is 0.267 e. The van der Waals surface area contributed by atoms with Gasteiger partial charge in [-0.15, -0.1) is 0 Å². The molecule has 0 aliphatic carbocycles. The van der Waals surface area contributed by atoms with Crippen molar-refractivity contribution in [2.45, 2.75) is 6.10 Å². The van der Waals surface area contributed by atoms with Gasteiger partial charge in [-0.25, -0.2) is 0 Å². The maximum atomic E-state index is 10.9. The van der Waals surface area contributed by atoms with E-state index in [1.54, 1.807) is 0 Å². The zero-order valence-electron chi connectivity index (χ0n) is 9.89. The van der Waals surface area contributed by atoms with Crippen LogP contribution in [-0.2, 0) is 42.9 Å². The molecule has 18 heavy (non-hydrogen) atoms. The Morgan fingerprint density at radius 3 is 1.28 bits per heavy atom. The molecule has 0 aliphatic heterocycles. The first kappa shape index (κ1) is 17.7. The first-order valence-corrected chi connectivity index (χ1v) is 9.80. The van der Waals surface area contributed by atoms with Crippen molar-refractivity contribution in [3.05, 3.63) is 0 Å². The zero-order valence-corrected chi connectivity index (χ0v) is 12.3. The van der Waals surface area contributed by atoms with E-state index in [0.717, 1.165) is 18.8 Å². The Morgan fingerprint density at radius 1 is 0.722 bits per heavy atom. The highest BCUT2D eigenvalue weighted by atomic mass is 32.2. The molecule has 0 unspecified atom stereocenters. The van der Waals surface area contributed by atoms with Crippen LogP contribution in [0.25, 0.3) is 0 Å². The van der Waals surface area contributed by atoms with Gasteiger partial charge >= 0.3 is 0 Å². The zero-order chi connectivity index (χ0) is 14.6. The van der Waals surface area contributed by atoms with Gasteiger partial charge in [-0.2, -0.15) is 25.3 Å². The van der Waals surface area contributed by atoms with Gasteiger partial charge in [-0.1, -0.05) is 0 Å². The molecule has 0 bridgehead atoms. The van der Waals surface area contributed by atoms with Crippen LogP contribution in [0.3, 0.4) is 0 Å². The molecule has 9 nitrogen and oxygen atoms in total. The Labute approximate surface area is 106 Å². The second-order valence-electron chi connectivity index (χ2n) is 3.40. The molecule has 0 fully saturated rings. The highest BCUT2D eigenvalue weighted by Crippen LogP contribution is 2.03. The van der Waals surface area contributed by atoms with E-state index < -0.39 is 49.7 Å². The standard InChI is InChI=1S/C6H14O9S3/c1-16(7,8)13-4-6(15-18(3,11)12)5-14-17(2,9)10/h6H,4-5H2,1-3H3. The van der Waals surface area contributed by atoms with Crippen LogP contribution >= 0.6 is 0 Å². The summed E-state index contributed by atoms with van der Waals surface area (Å²) < 4.78 is 77.6. The molecule has 0 amide bonds. The summed E-state index contributed by atoms with van der Waals surface area (Å²) in [5, 5.41) is 0. The van der Waals surface area contributed by atoms with Crippen LogP contribution in [0, 0.1) is 0 Å². The summed E-state index contributed by atoms with van der Waals surface area (Å²) in [6, 6.07) is 0. The van der Waals surface area contributed by atoms with Gasteiger partial charge in [-0.05, 0) is 0 Å². The average molecular weight is 326 g/mol. The van der Waals surface area contributed by atoms with Crippen LogP contribution in [-0.4, -0.2) is 63.3 Å². The SMILES string of the molecule is CS(=O)(=O)OCC(COS(C)(=O)=O)OS(C)(=O)=O. The average Bonchev–Trinajstić information content (AvgIpc) is 2.05. The Balaban J connectivity index is 4.63. The molecule has 0 aromatic heterocycles. The van der Waals surface area contributed by atoms with Gasteiger partial charge in [0, 0.05) is 0 Å². The van der Waals surface area contributed by atoms with Gasteiger partial charge < -0.3 is 0 Å². The molecule has 0 aromatic carbocycles. The molecule has 0 N–H and O–H groups in total. The third kappa shape index (κ3) is 12.2. The summed E-state index contributed by atoms with van der Waals surface area (Å²) in [7, 11) is -11.5. The second-order valence-corrected chi connectivity index (χ2v) is 8.29. The van der Waals surface area contributed by atoms with E-state index in [-0.39, 0.29) is 0 Å². The molecule has 0 aromatic rings. The maximum absolute atomic E-state index is 10.9. The van der Waals surface area contributed by atoms with Gasteiger partial charge in [0.25, 0.3) is 30.4 Å². The van der Waals surface area contributed by atoms with E-state index in [1.807, 2.05) is 0 Å². The molecule has 0 radical (unpaired) electrons. The molecule has 110 valence electrons. The second kappa shape index (κ2) is 6.25. The minimum absolute atomic E-state index is 0.679. The minimum Gasteiger partial charge on any atom is -0.267 e. The number of hydrogen-bond donors (Lipinski definition) is 0. The van der Waals surface area contributed by atoms with E-state index in [4.69, 9.17) is 0 Å². The monoisotopic (exact) mass is 326 g/mol. The summed E-state index contributed by atoms with van der Waals surface area (Å²) in [4.78, 5) is 0. The molecule has 0 aliphatic rings. The fourth-order valence-corrected chi connectivity index (χ4v) is 2.15. The van der Waals surface area contributed by atoms with Crippen molar-refractivity contribution in [1.82, 2.24) is 0 Å². The van der Waals surface area contributed by atoms with Gasteiger partial charge in [0.1, 0.15) is 6.10 Å². The van der Waals surface area contributed by atoms with E-state index in [2.05, 4.69) is 12.5 Å². The summed E-state index contributed by atoms with van der Waals surface area (Å²) in [6.45, 7) is -1.36. The fourth-order valence-electron chi connectivity index (χ4n) is 0.750. The molecule has 0 spiro atoms. The van der Waals surface area contributed by atoms with E-state index in [0.29, 0.717) is 0 Å². The van der Waals surface area contributed by atoms with Crippen molar-refractivity contribution in [1.29, 1.82) is 0 Å². The van der Waals surface area contributed by atoms with Crippen LogP contribution in [0.2, 0.25) is 0 Å². The van der Waals surface area contributed by atoms with Crippen molar-refractivity contribution >= 4 is 30.4 Å². The van der Waals surface area contributed by atoms with Crippen molar-refractivity contribution in [3.8, 4) is 0 Å². The first-order valence-electron chi connectivity index (χ1n) is 4.35. The molecule has 12 heteroatoms. The van der Waals surface area contributed by atoms with Crippen molar-refractivity contribution in [2.24, 2.45) is 0 Å². The number of rotatable bonds is 8. The Kier molecular flexibility index (Phi) is 6.16. The first-order chi connectivity index (χ1) is 7.79. The molecule has 0 heterocycles. The van der Waals surface area contributed by atoms with Crippen LogP contribution in [0.5, 0.6) is 0 Å². The third-order valence-corrected chi connectivity index (χ3v) is 3.00.